The van der Waals surface area contributed by atoms with E-state index in [1.54, 1.807) is 6.26 Å². The second-order valence-corrected chi connectivity index (χ2v) is 5.44. The molecule has 0 aliphatic carbocycles. The average Bonchev–Trinajstić information content (AvgIpc) is 3.24. The van der Waals surface area contributed by atoms with Crippen molar-refractivity contribution in [2.75, 3.05) is 0 Å². The van der Waals surface area contributed by atoms with E-state index in [4.69, 9.17) is 9.40 Å². The number of para-hydroxylation sites is 1. The second kappa shape index (κ2) is 5.60. The molecule has 1 aromatic carbocycles. The van der Waals surface area contributed by atoms with Crippen molar-refractivity contribution >= 4 is 22.3 Å². The molecule has 1 aliphatic rings. The summed E-state index contributed by atoms with van der Waals surface area (Å²) < 4.78 is 5.39. The summed E-state index contributed by atoms with van der Waals surface area (Å²) in [5, 5.41) is 1.19. The van der Waals surface area contributed by atoms with Crippen LogP contribution in [0.4, 0.5) is 0 Å². The number of benzene rings is 1. The van der Waals surface area contributed by atoms with Gasteiger partial charge in [0.05, 0.1) is 11.8 Å². The van der Waals surface area contributed by atoms with Gasteiger partial charge in [-0.05, 0) is 43.2 Å². The third kappa shape index (κ3) is 2.58. The van der Waals surface area contributed by atoms with E-state index in [0.717, 1.165) is 41.9 Å². The molecule has 0 N–H and O–H groups in total. The summed E-state index contributed by atoms with van der Waals surface area (Å²) in [7, 11) is 0. The number of aliphatic imine (C=N–C) groups is 1. The highest BCUT2D eigenvalue weighted by molar-refractivity contribution is 5.95. The zero-order valence-electron chi connectivity index (χ0n) is 12.2. The lowest BCUT2D eigenvalue weighted by molar-refractivity contribution is 0.552. The number of pyridine rings is 1. The van der Waals surface area contributed by atoms with Crippen LogP contribution in [0.5, 0.6) is 0 Å². The summed E-state index contributed by atoms with van der Waals surface area (Å²) >= 11 is 0. The molecule has 0 saturated heterocycles. The molecular formula is C19H16N2O. The summed E-state index contributed by atoms with van der Waals surface area (Å²) in [6, 6.07) is 16.3. The Balaban J connectivity index is 1.45. The molecule has 0 amide bonds. The van der Waals surface area contributed by atoms with Crippen LogP contribution in [0.2, 0.25) is 0 Å². The van der Waals surface area contributed by atoms with Gasteiger partial charge in [-0.1, -0.05) is 24.3 Å². The van der Waals surface area contributed by atoms with E-state index in [1.807, 2.05) is 24.3 Å². The topological polar surface area (TPSA) is 38.4 Å². The van der Waals surface area contributed by atoms with Crippen LogP contribution >= 0.6 is 0 Å². The third-order valence-corrected chi connectivity index (χ3v) is 3.91. The summed E-state index contributed by atoms with van der Waals surface area (Å²) in [5.41, 5.74) is 4.32. The zero-order chi connectivity index (χ0) is 14.8. The number of allylic oxidation sites excluding steroid dienone is 1. The largest absolute Gasteiger partial charge is 0.463 e. The Morgan fingerprint density at radius 2 is 1.91 bits per heavy atom. The van der Waals surface area contributed by atoms with Crippen molar-refractivity contribution in [3.05, 3.63) is 72.3 Å². The van der Waals surface area contributed by atoms with Gasteiger partial charge < -0.3 is 4.42 Å². The van der Waals surface area contributed by atoms with Crippen molar-refractivity contribution in [2.24, 2.45) is 4.99 Å². The number of aromatic nitrogens is 1. The molecule has 4 rings (SSSR count). The molecule has 0 fully saturated rings. The highest BCUT2D eigenvalue weighted by Crippen LogP contribution is 2.24. The Bertz CT molecular complexity index is 860. The van der Waals surface area contributed by atoms with Gasteiger partial charge in [0, 0.05) is 23.2 Å². The molecule has 1 aliphatic heterocycles. The number of rotatable bonds is 4. The fourth-order valence-electron chi connectivity index (χ4n) is 2.73. The molecule has 0 unspecified atom stereocenters. The highest BCUT2D eigenvalue weighted by Gasteiger charge is 2.12. The van der Waals surface area contributed by atoms with E-state index >= 15 is 0 Å². The summed E-state index contributed by atoms with van der Waals surface area (Å²) in [6.07, 6.45) is 6.57. The second-order valence-electron chi connectivity index (χ2n) is 5.44. The first-order valence-corrected chi connectivity index (χ1v) is 7.54. The van der Waals surface area contributed by atoms with Crippen LogP contribution in [-0.4, -0.2) is 10.7 Å². The van der Waals surface area contributed by atoms with Crippen LogP contribution in [0, 0.1) is 0 Å². The first-order valence-electron chi connectivity index (χ1n) is 7.54. The minimum atomic E-state index is 0.846. The molecule has 2 aromatic heterocycles. The van der Waals surface area contributed by atoms with E-state index in [2.05, 4.69) is 35.3 Å². The molecule has 0 radical (unpaired) electrons. The van der Waals surface area contributed by atoms with Gasteiger partial charge >= 0.3 is 0 Å². The van der Waals surface area contributed by atoms with Crippen LogP contribution in [0.25, 0.3) is 16.6 Å². The molecule has 0 saturated carbocycles. The lowest BCUT2D eigenvalue weighted by Gasteiger charge is -2.03. The molecule has 0 bridgehead atoms. The predicted octanol–water partition coefficient (Wildman–Crippen LogP) is 4.65. The smallest absolute Gasteiger partial charge is 0.151 e. The molecule has 0 spiro atoms. The first kappa shape index (κ1) is 13.0. The van der Waals surface area contributed by atoms with Crippen LogP contribution in [0.3, 0.4) is 0 Å². The lowest BCUT2D eigenvalue weighted by Crippen LogP contribution is -1.98. The number of aryl methyl sites for hydroxylation is 1. The van der Waals surface area contributed by atoms with Crippen molar-refractivity contribution < 1.29 is 4.42 Å². The number of furan rings is 1. The maximum atomic E-state index is 5.39. The van der Waals surface area contributed by atoms with Crippen LogP contribution in [-0.2, 0) is 6.42 Å². The summed E-state index contributed by atoms with van der Waals surface area (Å²) in [4.78, 5) is 9.38. The minimum absolute atomic E-state index is 0.846. The highest BCUT2D eigenvalue weighted by atomic mass is 16.3. The fraction of sp³-hybridized carbons (Fsp3) is 0.158. The SMILES string of the molecule is C1=C(c2ccco2)N=C(CCc2ccc3ccccc3n2)C1. The van der Waals surface area contributed by atoms with Gasteiger partial charge in [-0.2, -0.15) is 0 Å². The van der Waals surface area contributed by atoms with E-state index in [9.17, 15) is 0 Å². The van der Waals surface area contributed by atoms with Crippen LogP contribution in [0.1, 0.15) is 24.3 Å². The molecule has 22 heavy (non-hydrogen) atoms. The summed E-state index contributed by atoms with van der Waals surface area (Å²) in [6.45, 7) is 0. The minimum Gasteiger partial charge on any atom is -0.463 e. The van der Waals surface area contributed by atoms with Gasteiger partial charge in [-0.3, -0.25) is 9.98 Å². The van der Waals surface area contributed by atoms with Crippen molar-refractivity contribution in [2.45, 2.75) is 19.3 Å². The van der Waals surface area contributed by atoms with Gasteiger partial charge in [0.15, 0.2) is 5.76 Å². The van der Waals surface area contributed by atoms with Crippen molar-refractivity contribution in [3.8, 4) is 0 Å². The number of nitrogens with zero attached hydrogens (tertiary/aromatic N) is 2. The molecule has 0 atom stereocenters. The standard InChI is InChI=1S/C19H16N2O/c1-2-5-17-14(4-1)7-8-15(20-17)9-10-16-11-12-18(21-16)19-6-3-13-22-19/h1-8,12-13H,9-11H2. The molecule has 108 valence electrons. The van der Waals surface area contributed by atoms with Crippen molar-refractivity contribution in [3.63, 3.8) is 0 Å². The summed E-state index contributed by atoms with van der Waals surface area (Å²) in [5.74, 6) is 0.846. The Morgan fingerprint density at radius 1 is 0.955 bits per heavy atom. The quantitative estimate of drug-likeness (QED) is 0.701. The maximum Gasteiger partial charge on any atom is 0.151 e. The van der Waals surface area contributed by atoms with Gasteiger partial charge in [0.2, 0.25) is 0 Å². The maximum absolute atomic E-state index is 5.39. The normalized spacial score (nSPS) is 14.2. The van der Waals surface area contributed by atoms with Gasteiger partial charge in [-0.25, -0.2) is 0 Å². The average molecular weight is 288 g/mol. The van der Waals surface area contributed by atoms with Crippen molar-refractivity contribution in [1.82, 2.24) is 4.98 Å². The van der Waals surface area contributed by atoms with Gasteiger partial charge in [0.1, 0.15) is 5.70 Å². The number of fused-ring (bicyclic) bond motifs is 1. The van der Waals surface area contributed by atoms with E-state index < -0.39 is 0 Å². The van der Waals surface area contributed by atoms with Crippen LogP contribution < -0.4 is 0 Å². The molecule has 3 heterocycles. The Kier molecular flexibility index (Phi) is 3.31. The predicted molar refractivity (Wildman–Crippen MR) is 88.8 cm³/mol. The lowest BCUT2D eigenvalue weighted by atomic mass is 10.1. The van der Waals surface area contributed by atoms with Crippen LogP contribution in [0.15, 0.2) is 70.3 Å². The third-order valence-electron chi connectivity index (χ3n) is 3.91. The fourth-order valence-corrected chi connectivity index (χ4v) is 2.73. The molecule has 3 heteroatoms. The monoisotopic (exact) mass is 288 g/mol. The van der Waals surface area contributed by atoms with Gasteiger partial charge in [0.25, 0.3) is 0 Å². The van der Waals surface area contributed by atoms with E-state index in [1.165, 1.54) is 11.1 Å². The molecular weight excluding hydrogens is 272 g/mol. The molecule has 3 nitrogen and oxygen atoms in total. The van der Waals surface area contributed by atoms with E-state index in [-0.39, 0.29) is 0 Å². The Hall–Kier alpha value is -2.68. The number of hydrogen-bond acceptors (Lipinski definition) is 3. The van der Waals surface area contributed by atoms with Gasteiger partial charge in [-0.15, -0.1) is 0 Å². The number of hydrogen-bond donors (Lipinski definition) is 0. The first-order chi connectivity index (χ1) is 10.9. The molecule has 3 aromatic rings. The van der Waals surface area contributed by atoms with E-state index in [0.29, 0.717) is 0 Å². The Labute approximate surface area is 129 Å². The Morgan fingerprint density at radius 3 is 2.82 bits per heavy atom. The van der Waals surface area contributed by atoms with Crippen molar-refractivity contribution in [1.29, 1.82) is 0 Å². The zero-order valence-corrected chi connectivity index (χ0v) is 12.2.